The molecule has 2 N–H and O–H groups in total. The van der Waals surface area contributed by atoms with Crippen LogP contribution in [0.3, 0.4) is 0 Å². The summed E-state index contributed by atoms with van der Waals surface area (Å²) in [6.07, 6.45) is 15.6. The Morgan fingerprint density at radius 2 is 1.72 bits per heavy atom. The topological polar surface area (TPSA) is 116 Å². The monoisotopic (exact) mass is 441 g/mol. The smallest absolute Gasteiger partial charge is 0.408 e. The summed E-state index contributed by atoms with van der Waals surface area (Å²) in [4.78, 5) is 40.1. The van der Waals surface area contributed by atoms with Gasteiger partial charge in [0, 0.05) is 23.7 Å². The summed E-state index contributed by atoms with van der Waals surface area (Å²) in [5.41, 5.74) is 1.16. The van der Waals surface area contributed by atoms with Gasteiger partial charge in [0.25, 0.3) is 0 Å². The van der Waals surface area contributed by atoms with E-state index >= 15 is 0 Å². The Hall–Kier alpha value is -3.98. The van der Waals surface area contributed by atoms with E-state index in [1.165, 1.54) is 6.20 Å². The van der Waals surface area contributed by atoms with Gasteiger partial charge in [-0.25, -0.2) is 9.59 Å². The van der Waals surface area contributed by atoms with Gasteiger partial charge in [0.1, 0.15) is 13.2 Å². The van der Waals surface area contributed by atoms with Crippen LogP contribution in [-0.2, 0) is 27.5 Å². The first-order valence-corrected chi connectivity index (χ1v) is 9.90. The van der Waals surface area contributed by atoms with Gasteiger partial charge in [-0.15, -0.1) is 12.8 Å². The van der Waals surface area contributed by atoms with Crippen molar-refractivity contribution in [1.29, 1.82) is 0 Å². The first-order valence-electron chi connectivity index (χ1n) is 9.90. The number of pyridine rings is 1. The molecule has 9 nitrogen and oxygen atoms in total. The standard InChI is InChI=1S/C23H27N3O6/c1-5-8-9-10-11-20(27)32-21-17(4)26-14-18(15-30-22(28)24-12-6-2)19(21)16-31-23(29)25-13-7-3/h2-3,5,8,14H,9-13,15-16H2,1,4H3,(H,24,28)(H,25,29)/b8-5-. The molecule has 0 fully saturated rings. The molecule has 0 saturated carbocycles. The van der Waals surface area contributed by atoms with Gasteiger partial charge in [0.2, 0.25) is 0 Å². The minimum atomic E-state index is -0.750. The van der Waals surface area contributed by atoms with Crippen LogP contribution in [0.25, 0.3) is 0 Å². The van der Waals surface area contributed by atoms with E-state index in [0.29, 0.717) is 23.2 Å². The van der Waals surface area contributed by atoms with Gasteiger partial charge in [-0.2, -0.15) is 0 Å². The lowest BCUT2D eigenvalue weighted by molar-refractivity contribution is -0.134. The minimum Gasteiger partial charge on any atom is -0.445 e. The molecule has 0 saturated heterocycles. The number of aromatic nitrogens is 1. The van der Waals surface area contributed by atoms with Crippen LogP contribution in [0.5, 0.6) is 5.75 Å². The van der Waals surface area contributed by atoms with Gasteiger partial charge in [-0.1, -0.05) is 24.0 Å². The van der Waals surface area contributed by atoms with E-state index in [1.54, 1.807) is 6.92 Å². The Morgan fingerprint density at radius 1 is 1.09 bits per heavy atom. The summed E-state index contributed by atoms with van der Waals surface area (Å²) in [5, 5.41) is 4.73. The van der Waals surface area contributed by atoms with Crippen LogP contribution in [0.15, 0.2) is 18.3 Å². The largest absolute Gasteiger partial charge is 0.445 e. The molecule has 0 unspecified atom stereocenters. The van der Waals surface area contributed by atoms with Crippen LogP contribution in [0.2, 0.25) is 0 Å². The molecule has 1 rings (SSSR count). The second-order valence-electron chi connectivity index (χ2n) is 6.38. The SMILES string of the molecule is C#CCNC(=O)OCc1cnc(C)c(OC(=O)CCC/C=C\C)c1COC(=O)NCC#C. The highest BCUT2D eigenvalue weighted by molar-refractivity contribution is 5.73. The first kappa shape index (κ1) is 26.1. The summed E-state index contributed by atoms with van der Waals surface area (Å²) in [6, 6.07) is 0. The van der Waals surface area contributed by atoms with Crippen molar-refractivity contribution in [1.82, 2.24) is 15.6 Å². The number of nitrogens with zero attached hydrogens (tertiary/aromatic N) is 1. The van der Waals surface area contributed by atoms with Crippen molar-refractivity contribution in [2.75, 3.05) is 13.1 Å². The van der Waals surface area contributed by atoms with Crippen LogP contribution in [-0.4, -0.2) is 36.2 Å². The van der Waals surface area contributed by atoms with Crippen LogP contribution in [0, 0.1) is 31.6 Å². The van der Waals surface area contributed by atoms with Crippen molar-refractivity contribution >= 4 is 18.2 Å². The van der Waals surface area contributed by atoms with Crippen molar-refractivity contribution < 1.29 is 28.6 Å². The molecule has 0 spiro atoms. The predicted molar refractivity (Wildman–Crippen MR) is 117 cm³/mol. The van der Waals surface area contributed by atoms with E-state index in [0.717, 1.165) is 6.42 Å². The number of unbranched alkanes of at least 4 members (excludes halogenated alkanes) is 1. The molecule has 0 radical (unpaired) electrons. The van der Waals surface area contributed by atoms with Crippen LogP contribution in [0.1, 0.15) is 43.0 Å². The number of allylic oxidation sites excluding steroid dienone is 2. The molecule has 2 amide bonds. The molecule has 0 aliphatic carbocycles. The fraction of sp³-hybridized carbons (Fsp3) is 0.391. The number of carbonyl (C=O) groups is 3. The Balaban J connectivity index is 3.03. The quantitative estimate of drug-likeness (QED) is 0.235. The maximum Gasteiger partial charge on any atom is 0.408 e. The third-order valence-corrected chi connectivity index (χ3v) is 3.98. The van der Waals surface area contributed by atoms with Gasteiger partial charge in [-0.05, 0) is 26.7 Å². The number of hydrogen-bond acceptors (Lipinski definition) is 7. The minimum absolute atomic E-state index is 0.00633. The lowest BCUT2D eigenvalue weighted by Crippen LogP contribution is -2.26. The lowest BCUT2D eigenvalue weighted by Gasteiger charge is -2.17. The number of terminal acetylenes is 2. The Morgan fingerprint density at radius 3 is 2.31 bits per heavy atom. The highest BCUT2D eigenvalue weighted by Gasteiger charge is 2.20. The summed E-state index contributed by atoms with van der Waals surface area (Å²) >= 11 is 0. The molecule has 0 aliphatic rings. The zero-order valence-corrected chi connectivity index (χ0v) is 18.2. The van der Waals surface area contributed by atoms with E-state index in [2.05, 4.69) is 27.5 Å². The van der Waals surface area contributed by atoms with Crippen molar-refractivity contribution in [2.24, 2.45) is 0 Å². The van der Waals surface area contributed by atoms with Gasteiger partial charge in [-0.3, -0.25) is 9.78 Å². The van der Waals surface area contributed by atoms with E-state index in [4.69, 9.17) is 27.1 Å². The Kier molecular flexibility index (Phi) is 12.1. The summed E-state index contributed by atoms with van der Waals surface area (Å²) in [7, 11) is 0. The summed E-state index contributed by atoms with van der Waals surface area (Å²) in [5.74, 6) is 4.21. The molecule has 170 valence electrons. The molecular weight excluding hydrogens is 414 g/mol. The molecule has 1 aromatic rings. The van der Waals surface area contributed by atoms with Crippen molar-refractivity contribution in [3.05, 3.63) is 35.2 Å². The highest BCUT2D eigenvalue weighted by atomic mass is 16.6. The fourth-order valence-electron chi connectivity index (χ4n) is 2.42. The van der Waals surface area contributed by atoms with Crippen molar-refractivity contribution in [2.45, 2.75) is 46.3 Å². The molecule has 1 aromatic heterocycles. The normalized spacial score (nSPS) is 10.0. The van der Waals surface area contributed by atoms with E-state index < -0.39 is 18.2 Å². The molecule has 0 bridgehead atoms. The fourth-order valence-corrected chi connectivity index (χ4v) is 2.42. The Labute approximate surface area is 187 Å². The number of carbonyl (C=O) groups excluding carboxylic acids is 3. The van der Waals surface area contributed by atoms with Gasteiger partial charge < -0.3 is 24.8 Å². The molecule has 0 atom stereocenters. The second kappa shape index (κ2) is 14.9. The third kappa shape index (κ3) is 9.68. The van der Waals surface area contributed by atoms with Crippen LogP contribution in [0.4, 0.5) is 9.59 Å². The number of aryl methyl sites for hydroxylation is 1. The zero-order valence-electron chi connectivity index (χ0n) is 18.2. The number of ether oxygens (including phenoxy) is 3. The van der Waals surface area contributed by atoms with E-state index in [1.807, 2.05) is 19.1 Å². The van der Waals surface area contributed by atoms with Gasteiger partial charge in [0.05, 0.1) is 18.8 Å². The van der Waals surface area contributed by atoms with Crippen LogP contribution >= 0.6 is 0 Å². The number of rotatable bonds is 11. The van der Waals surface area contributed by atoms with Gasteiger partial charge in [0.15, 0.2) is 5.75 Å². The Bertz CT molecular complexity index is 912. The number of nitrogens with one attached hydrogen (secondary N) is 2. The van der Waals surface area contributed by atoms with Crippen LogP contribution < -0.4 is 15.4 Å². The zero-order chi connectivity index (χ0) is 23.8. The summed E-state index contributed by atoms with van der Waals surface area (Å²) < 4.78 is 15.8. The predicted octanol–water partition coefficient (Wildman–Crippen LogP) is 2.76. The van der Waals surface area contributed by atoms with Crippen molar-refractivity contribution in [3.63, 3.8) is 0 Å². The average Bonchev–Trinajstić information content (AvgIpc) is 2.78. The van der Waals surface area contributed by atoms with Crippen molar-refractivity contribution in [3.8, 4) is 30.4 Å². The first-order chi connectivity index (χ1) is 15.4. The average molecular weight is 441 g/mol. The molecular formula is C23H27N3O6. The van der Waals surface area contributed by atoms with E-state index in [-0.39, 0.29) is 38.5 Å². The van der Waals surface area contributed by atoms with Gasteiger partial charge >= 0.3 is 18.2 Å². The number of alkyl carbamates (subject to hydrolysis) is 2. The lowest BCUT2D eigenvalue weighted by atomic mass is 10.1. The highest BCUT2D eigenvalue weighted by Crippen LogP contribution is 2.27. The maximum absolute atomic E-state index is 12.3. The maximum atomic E-state index is 12.3. The third-order valence-electron chi connectivity index (χ3n) is 3.98. The second-order valence-corrected chi connectivity index (χ2v) is 6.38. The molecule has 32 heavy (non-hydrogen) atoms. The molecule has 9 heteroatoms. The van der Waals surface area contributed by atoms with E-state index in [9.17, 15) is 14.4 Å². The number of esters is 1. The number of hydrogen-bond donors (Lipinski definition) is 2. The summed E-state index contributed by atoms with van der Waals surface area (Å²) in [6.45, 7) is 3.08. The number of amides is 2. The molecule has 0 aromatic carbocycles. The molecule has 1 heterocycles. The molecule has 0 aliphatic heterocycles.